The number of rotatable bonds is 5. The Labute approximate surface area is 138 Å². The van der Waals surface area contributed by atoms with E-state index in [0.29, 0.717) is 18.1 Å². The highest BCUT2D eigenvalue weighted by atomic mass is 35.5. The van der Waals surface area contributed by atoms with Crippen LogP contribution in [0.4, 0.5) is 0 Å². The zero-order chi connectivity index (χ0) is 13.9. The van der Waals surface area contributed by atoms with E-state index in [4.69, 9.17) is 4.42 Å². The first-order valence-corrected chi connectivity index (χ1v) is 7.97. The highest BCUT2D eigenvalue weighted by molar-refractivity contribution is 7.89. The molecule has 1 aliphatic rings. The van der Waals surface area contributed by atoms with Gasteiger partial charge in [0.1, 0.15) is 16.4 Å². The largest absolute Gasteiger partial charge is 0.465 e. The van der Waals surface area contributed by atoms with Crippen LogP contribution < -0.4 is 10.0 Å². The summed E-state index contributed by atoms with van der Waals surface area (Å²) >= 11 is 0. The Balaban J connectivity index is 0.00000200. The van der Waals surface area contributed by atoms with Crippen LogP contribution in [0.2, 0.25) is 0 Å². The third-order valence-electron chi connectivity index (χ3n) is 3.21. The summed E-state index contributed by atoms with van der Waals surface area (Å²) in [4.78, 5) is 2.48. The molecule has 0 spiro atoms. The normalized spacial score (nSPS) is 16.1. The first-order chi connectivity index (χ1) is 8.99. The molecule has 6 nitrogen and oxygen atoms in total. The second-order valence-corrected chi connectivity index (χ2v) is 6.50. The number of hydrogen-bond donors (Lipinski definition) is 2. The van der Waals surface area contributed by atoms with E-state index in [1.165, 1.54) is 0 Å². The van der Waals surface area contributed by atoms with Crippen molar-refractivity contribution >= 4 is 34.8 Å². The van der Waals surface area contributed by atoms with E-state index >= 15 is 0 Å². The zero-order valence-corrected chi connectivity index (χ0v) is 14.7. The molecule has 1 saturated heterocycles. The molecule has 1 aromatic rings. The minimum atomic E-state index is -3.46. The summed E-state index contributed by atoms with van der Waals surface area (Å²) in [6.07, 6.45) is 0. The van der Waals surface area contributed by atoms with Gasteiger partial charge in [-0.3, -0.25) is 4.90 Å². The van der Waals surface area contributed by atoms with Gasteiger partial charge in [-0.05, 0) is 19.9 Å². The molecule has 2 heterocycles. The van der Waals surface area contributed by atoms with Gasteiger partial charge in [0.15, 0.2) is 0 Å². The SMILES string of the molecule is Cc1cc(S(=O)(=O)NCCN2CCNCC2)c(C)o1.Cl.Cl. The summed E-state index contributed by atoms with van der Waals surface area (Å²) in [6.45, 7) is 8.42. The average Bonchev–Trinajstić information content (AvgIpc) is 2.70. The van der Waals surface area contributed by atoms with E-state index in [1.54, 1.807) is 19.9 Å². The summed E-state index contributed by atoms with van der Waals surface area (Å²) in [6, 6.07) is 1.56. The molecule has 124 valence electrons. The lowest BCUT2D eigenvalue weighted by Crippen LogP contribution is -2.46. The van der Waals surface area contributed by atoms with Gasteiger partial charge in [-0.15, -0.1) is 24.8 Å². The van der Waals surface area contributed by atoms with Gasteiger partial charge in [-0.2, -0.15) is 0 Å². The van der Waals surface area contributed by atoms with E-state index in [2.05, 4.69) is 14.9 Å². The molecule has 0 aromatic carbocycles. The third kappa shape index (κ3) is 5.77. The van der Waals surface area contributed by atoms with E-state index in [0.717, 1.165) is 32.7 Å². The predicted octanol–water partition coefficient (Wildman–Crippen LogP) is 0.924. The topological polar surface area (TPSA) is 74.6 Å². The van der Waals surface area contributed by atoms with E-state index in [-0.39, 0.29) is 29.7 Å². The van der Waals surface area contributed by atoms with E-state index in [9.17, 15) is 8.42 Å². The molecule has 1 fully saturated rings. The zero-order valence-electron chi connectivity index (χ0n) is 12.2. The molecular formula is C12H23Cl2N3O3S. The molecule has 0 radical (unpaired) electrons. The molecule has 9 heteroatoms. The van der Waals surface area contributed by atoms with Gasteiger partial charge >= 0.3 is 0 Å². The Kier molecular flexibility index (Phi) is 8.84. The Hall–Kier alpha value is -0.310. The van der Waals surface area contributed by atoms with Crippen LogP contribution in [0.1, 0.15) is 11.5 Å². The van der Waals surface area contributed by atoms with E-state index < -0.39 is 10.0 Å². The van der Waals surface area contributed by atoms with Crippen molar-refractivity contribution in [2.24, 2.45) is 0 Å². The third-order valence-corrected chi connectivity index (χ3v) is 4.78. The van der Waals surface area contributed by atoms with Crippen LogP contribution in [0, 0.1) is 13.8 Å². The van der Waals surface area contributed by atoms with Gasteiger partial charge in [0.25, 0.3) is 0 Å². The summed E-state index contributed by atoms with van der Waals surface area (Å²) in [5.74, 6) is 1.05. The lowest BCUT2D eigenvalue weighted by molar-refractivity contribution is 0.245. The summed E-state index contributed by atoms with van der Waals surface area (Å²) in [7, 11) is -3.46. The Morgan fingerprint density at radius 3 is 2.43 bits per heavy atom. The lowest BCUT2D eigenvalue weighted by atomic mass is 10.3. The summed E-state index contributed by atoms with van der Waals surface area (Å²) in [5, 5.41) is 3.26. The fraction of sp³-hybridized carbons (Fsp3) is 0.667. The summed E-state index contributed by atoms with van der Waals surface area (Å²) in [5.41, 5.74) is 0. The molecule has 1 aliphatic heterocycles. The quantitative estimate of drug-likeness (QED) is 0.817. The second kappa shape index (κ2) is 8.97. The molecule has 0 atom stereocenters. The van der Waals surface area contributed by atoms with Crippen molar-refractivity contribution in [2.75, 3.05) is 39.3 Å². The predicted molar refractivity (Wildman–Crippen MR) is 87.2 cm³/mol. The smallest absolute Gasteiger partial charge is 0.244 e. The van der Waals surface area contributed by atoms with Crippen LogP contribution in [0.5, 0.6) is 0 Å². The number of halogens is 2. The number of hydrogen-bond acceptors (Lipinski definition) is 5. The van der Waals surface area contributed by atoms with Crippen molar-refractivity contribution in [1.82, 2.24) is 14.9 Å². The summed E-state index contributed by atoms with van der Waals surface area (Å²) < 4.78 is 32.1. The van der Waals surface area contributed by atoms with Crippen LogP contribution in [-0.4, -0.2) is 52.6 Å². The van der Waals surface area contributed by atoms with E-state index in [1.807, 2.05) is 0 Å². The molecule has 2 rings (SSSR count). The number of aryl methyl sites for hydroxylation is 2. The van der Waals surface area contributed by atoms with Crippen LogP contribution in [0.15, 0.2) is 15.4 Å². The minimum Gasteiger partial charge on any atom is -0.465 e. The Bertz CT molecular complexity index is 528. The first kappa shape index (κ1) is 20.7. The van der Waals surface area contributed by atoms with Crippen molar-refractivity contribution in [3.8, 4) is 0 Å². The van der Waals surface area contributed by atoms with Gasteiger partial charge in [0.2, 0.25) is 10.0 Å². The first-order valence-electron chi connectivity index (χ1n) is 6.49. The second-order valence-electron chi connectivity index (χ2n) is 4.77. The maximum Gasteiger partial charge on any atom is 0.244 e. The molecule has 1 aromatic heterocycles. The maximum absolute atomic E-state index is 12.1. The highest BCUT2D eigenvalue weighted by Gasteiger charge is 2.20. The number of nitrogens with one attached hydrogen (secondary N) is 2. The molecule has 2 N–H and O–H groups in total. The fourth-order valence-corrected chi connectivity index (χ4v) is 3.48. The molecule has 0 saturated carbocycles. The van der Waals surface area contributed by atoms with Crippen LogP contribution in [0.3, 0.4) is 0 Å². The number of piperazine rings is 1. The average molecular weight is 360 g/mol. The van der Waals surface area contributed by atoms with Crippen molar-refractivity contribution in [3.63, 3.8) is 0 Å². The molecule has 0 amide bonds. The van der Waals surface area contributed by atoms with Crippen molar-refractivity contribution in [3.05, 3.63) is 17.6 Å². The van der Waals surface area contributed by atoms with Crippen molar-refractivity contribution in [1.29, 1.82) is 0 Å². The Morgan fingerprint density at radius 2 is 1.90 bits per heavy atom. The lowest BCUT2D eigenvalue weighted by Gasteiger charge is -2.26. The number of nitrogens with zero attached hydrogens (tertiary/aromatic N) is 1. The van der Waals surface area contributed by atoms with Crippen LogP contribution >= 0.6 is 24.8 Å². The maximum atomic E-state index is 12.1. The molecule has 0 unspecified atom stereocenters. The molecule has 0 bridgehead atoms. The van der Waals surface area contributed by atoms with Crippen molar-refractivity contribution in [2.45, 2.75) is 18.7 Å². The number of furan rings is 1. The van der Waals surface area contributed by atoms with Gasteiger partial charge in [0.05, 0.1) is 0 Å². The monoisotopic (exact) mass is 359 g/mol. The van der Waals surface area contributed by atoms with Crippen LogP contribution in [-0.2, 0) is 10.0 Å². The van der Waals surface area contributed by atoms with Gasteiger partial charge in [-0.1, -0.05) is 0 Å². The standard InChI is InChI=1S/C12H21N3O3S.2ClH/c1-10-9-12(11(2)18-10)19(16,17)14-5-8-15-6-3-13-4-7-15;;/h9,13-14H,3-8H2,1-2H3;2*1H. The highest BCUT2D eigenvalue weighted by Crippen LogP contribution is 2.18. The minimum absolute atomic E-state index is 0. The van der Waals surface area contributed by atoms with Gasteiger partial charge < -0.3 is 9.73 Å². The molecule has 0 aliphatic carbocycles. The fourth-order valence-electron chi connectivity index (χ4n) is 2.22. The van der Waals surface area contributed by atoms with Gasteiger partial charge in [0, 0.05) is 39.3 Å². The molecular weight excluding hydrogens is 337 g/mol. The van der Waals surface area contributed by atoms with Gasteiger partial charge in [-0.25, -0.2) is 13.1 Å². The number of sulfonamides is 1. The Morgan fingerprint density at radius 1 is 1.29 bits per heavy atom. The molecule has 21 heavy (non-hydrogen) atoms. The van der Waals surface area contributed by atoms with Crippen LogP contribution in [0.25, 0.3) is 0 Å². The van der Waals surface area contributed by atoms with Crippen molar-refractivity contribution < 1.29 is 12.8 Å².